The Kier molecular flexibility index (Phi) is 4.72. The number of hydrogen-bond donors (Lipinski definition) is 2. The van der Waals surface area contributed by atoms with Gasteiger partial charge in [0.2, 0.25) is 0 Å². The topological polar surface area (TPSA) is 59.6 Å². The first kappa shape index (κ1) is 14.4. The molecule has 5 heteroatoms. The first-order chi connectivity index (χ1) is 10.3. The molecule has 0 bridgehead atoms. The van der Waals surface area contributed by atoms with Crippen molar-refractivity contribution in [3.8, 4) is 5.75 Å². The summed E-state index contributed by atoms with van der Waals surface area (Å²) in [6.07, 6.45) is 2.39. The number of ether oxygens (including phenoxy) is 2. The molecule has 0 aliphatic carbocycles. The number of amides is 1. The molecule has 2 aliphatic heterocycles. The highest BCUT2D eigenvalue weighted by atomic mass is 16.5. The molecule has 2 aliphatic rings. The van der Waals surface area contributed by atoms with Gasteiger partial charge in [-0.3, -0.25) is 4.79 Å². The highest BCUT2D eigenvalue weighted by Crippen LogP contribution is 2.16. The first-order valence-electron chi connectivity index (χ1n) is 7.64. The second kappa shape index (κ2) is 6.91. The van der Waals surface area contributed by atoms with Gasteiger partial charge in [0.25, 0.3) is 5.91 Å². The molecule has 1 aromatic rings. The van der Waals surface area contributed by atoms with Crippen LogP contribution in [0.25, 0.3) is 0 Å². The quantitative estimate of drug-likeness (QED) is 0.826. The molecule has 2 fully saturated rings. The fourth-order valence-electron chi connectivity index (χ4n) is 2.50. The number of rotatable bonds is 6. The fraction of sp³-hybridized carbons (Fsp3) is 0.562. The maximum atomic E-state index is 12.0. The molecule has 1 atom stereocenters. The number of carbonyl (C=O) groups excluding carboxylic acids is 1. The maximum absolute atomic E-state index is 12.0. The lowest BCUT2D eigenvalue weighted by Gasteiger charge is -2.27. The molecule has 1 aromatic carbocycles. The standard InChI is InChI=1S/C16H22N2O3/c19-16(18-10-12-8-17-9-12)13-3-5-14(6-4-13)21-11-15-2-1-7-20-15/h3-6,12,15,17H,1-2,7-11H2,(H,18,19). The molecular formula is C16H22N2O3. The molecule has 2 saturated heterocycles. The van der Waals surface area contributed by atoms with Crippen LogP contribution in [0.1, 0.15) is 23.2 Å². The second-order valence-electron chi connectivity index (χ2n) is 5.70. The van der Waals surface area contributed by atoms with Crippen molar-refractivity contribution < 1.29 is 14.3 Å². The molecule has 2 N–H and O–H groups in total. The van der Waals surface area contributed by atoms with Gasteiger partial charge < -0.3 is 20.1 Å². The van der Waals surface area contributed by atoms with Gasteiger partial charge in [0.1, 0.15) is 12.4 Å². The number of nitrogens with one attached hydrogen (secondary N) is 2. The summed E-state index contributed by atoms with van der Waals surface area (Å²) in [5.74, 6) is 1.33. The predicted molar refractivity (Wildman–Crippen MR) is 79.6 cm³/mol. The van der Waals surface area contributed by atoms with E-state index in [9.17, 15) is 4.79 Å². The zero-order valence-electron chi connectivity index (χ0n) is 12.1. The maximum Gasteiger partial charge on any atom is 0.251 e. The molecule has 21 heavy (non-hydrogen) atoms. The van der Waals surface area contributed by atoms with E-state index >= 15 is 0 Å². The minimum atomic E-state index is -0.0208. The summed E-state index contributed by atoms with van der Waals surface area (Å²) in [4.78, 5) is 12.0. The first-order valence-corrected chi connectivity index (χ1v) is 7.64. The second-order valence-corrected chi connectivity index (χ2v) is 5.70. The van der Waals surface area contributed by atoms with Crippen LogP contribution in [-0.4, -0.2) is 44.9 Å². The van der Waals surface area contributed by atoms with E-state index < -0.39 is 0 Å². The van der Waals surface area contributed by atoms with Crippen molar-refractivity contribution in [2.75, 3.05) is 32.8 Å². The average Bonchev–Trinajstić information content (AvgIpc) is 2.97. The van der Waals surface area contributed by atoms with Gasteiger partial charge in [-0.15, -0.1) is 0 Å². The van der Waals surface area contributed by atoms with Crippen LogP contribution in [0.2, 0.25) is 0 Å². The van der Waals surface area contributed by atoms with E-state index in [0.29, 0.717) is 18.1 Å². The lowest BCUT2D eigenvalue weighted by molar-refractivity contribution is 0.0679. The molecule has 1 unspecified atom stereocenters. The smallest absolute Gasteiger partial charge is 0.251 e. The summed E-state index contributed by atoms with van der Waals surface area (Å²) in [6.45, 7) is 4.15. The van der Waals surface area contributed by atoms with Gasteiger partial charge in [0, 0.05) is 37.7 Å². The van der Waals surface area contributed by atoms with Gasteiger partial charge in [0.15, 0.2) is 0 Å². The third-order valence-electron chi connectivity index (χ3n) is 3.99. The lowest BCUT2D eigenvalue weighted by atomic mass is 10.0. The number of hydrogen-bond acceptors (Lipinski definition) is 4. The van der Waals surface area contributed by atoms with Crippen LogP contribution >= 0.6 is 0 Å². The van der Waals surface area contributed by atoms with Crippen molar-refractivity contribution in [1.82, 2.24) is 10.6 Å². The Hall–Kier alpha value is -1.59. The van der Waals surface area contributed by atoms with E-state index in [1.165, 1.54) is 0 Å². The van der Waals surface area contributed by atoms with Crippen LogP contribution in [0, 0.1) is 5.92 Å². The Morgan fingerprint density at radius 3 is 2.76 bits per heavy atom. The monoisotopic (exact) mass is 290 g/mol. The van der Waals surface area contributed by atoms with Crippen LogP contribution in [0.3, 0.4) is 0 Å². The molecular weight excluding hydrogens is 268 g/mol. The van der Waals surface area contributed by atoms with Crippen molar-refractivity contribution >= 4 is 5.91 Å². The molecule has 114 valence electrons. The van der Waals surface area contributed by atoms with Crippen LogP contribution in [0.15, 0.2) is 24.3 Å². The number of carbonyl (C=O) groups is 1. The molecule has 5 nitrogen and oxygen atoms in total. The van der Waals surface area contributed by atoms with E-state index in [0.717, 1.165) is 44.8 Å². The van der Waals surface area contributed by atoms with Crippen molar-refractivity contribution in [2.24, 2.45) is 5.92 Å². The minimum absolute atomic E-state index is 0.0208. The third kappa shape index (κ3) is 3.95. The van der Waals surface area contributed by atoms with E-state index in [1.807, 2.05) is 12.1 Å². The Balaban J connectivity index is 1.44. The van der Waals surface area contributed by atoms with Crippen molar-refractivity contribution in [1.29, 1.82) is 0 Å². The molecule has 1 amide bonds. The SMILES string of the molecule is O=C(NCC1CNC1)c1ccc(OCC2CCCO2)cc1. The van der Waals surface area contributed by atoms with Gasteiger partial charge in [-0.2, -0.15) is 0 Å². The fourth-order valence-corrected chi connectivity index (χ4v) is 2.50. The lowest BCUT2D eigenvalue weighted by Crippen LogP contribution is -2.48. The van der Waals surface area contributed by atoms with Crippen LogP contribution in [0.4, 0.5) is 0 Å². The molecule has 3 rings (SSSR count). The van der Waals surface area contributed by atoms with Crippen LogP contribution in [0.5, 0.6) is 5.75 Å². The van der Waals surface area contributed by atoms with Gasteiger partial charge in [-0.05, 0) is 37.1 Å². The summed E-state index contributed by atoms with van der Waals surface area (Å²) < 4.78 is 11.2. The highest BCUT2D eigenvalue weighted by molar-refractivity contribution is 5.94. The summed E-state index contributed by atoms with van der Waals surface area (Å²) >= 11 is 0. The summed E-state index contributed by atoms with van der Waals surface area (Å²) in [6, 6.07) is 7.29. The van der Waals surface area contributed by atoms with Crippen LogP contribution < -0.4 is 15.4 Å². The molecule has 0 spiro atoms. The Labute approximate surface area is 125 Å². The third-order valence-corrected chi connectivity index (χ3v) is 3.99. The Morgan fingerprint density at radius 1 is 1.33 bits per heavy atom. The van der Waals surface area contributed by atoms with E-state index in [1.54, 1.807) is 12.1 Å². The normalized spacial score (nSPS) is 21.8. The van der Waals surface area contributed by atoms with Gasteiger partial charge in [-0.25, -0.2) is 0 Å². The van der Waals surface area contributed by atoms with Crippen LogP contribution in [-0.2, 0) is 4.74 Å². The van der Waals surface area contributed by atoms with Gasteiger partial charge in [-0.1, -0.05) is 0 Å². The highest BCUT2D eigenvalue weighted by Gasteiger charge is 2.18. The predicted octanol–water partition coefficient (Wildman–Crippen LogP) is 1.19. The minimum Gasteiger partial charge on any atom is -0.491 e. The van der Waals surface area contributed by atoms with E-state index in [4.69, 9.17) is 9.47 Å². The van der Waals surface area contributed by atoms with Gasteiger partial charge >= 0.3 is 0 Å². The zero-order chi connectivity index (χ0) is 14.5. The van der Waals surface area contributed by atoms with Crippen molar-refractivity contribution in [3.63, 3.8) is 0 Å². The summed E-state index contributed by atoms with van der Waals surface area (Å²) in [5.41, 5.74) is 0.673. The van der Waals surface area contributed by atoms with Crippen molar-refractivity contribution in [3.05, 3.63) is 29.8 Å². The Bertz CT molecular complexity index is 465. The van der Waals surface area contributed by atoms with Crippen molar-refractivity contribution in [2.45, 2.75) is 18.9 Å². The number of benzene rings is 1. The average molecular weight is 290 g/mol. The molecule has 0 aromatic heterocycles. The zero-order valence-corrected chi connectivity index (χ0v) is 12.1. The molecule has 0 saturated carbocycles. The van der Waals surface area contributed by atoms with E-state index in [2.05, 4.69) is 10.6 Å². The molecule has 2 heterocycles. The van der Waals surface area contributed by atoms with E-state index in [-0.39, 0.29) is 12.0 Å². The molecule has 0 radical (unpaired) electrons. The summed E-state index contributed by atoms with van der Waals surface area (Å²) in [7, 11) is 0. The summed E-state index contributed by atoms with van der Waals surface area (Å²) in [5, 5.41) is 6.15. The Morgan fingerprint density at radius 2 is 2.14 bits per heavy atom. The van der Waals surface area contributed by atoms with Gasteiger partial charge in [0.05, 0.1) is 6.10 Å². The largest absolute Gasteiger partial charge is 0.491 e.